The average molecular weight is 378 g/mol. The van der Waals surface area contributed by atoms with Crippen LogP contribution in [0.2, 0.25) is 0 Å². The van der Waals surface area contributed by atoms with E-state index in [-0.39, 0.29) is 5.41 Å². The van der Waals surface area contributed by atoms with Gasteiger partial charge in [0.2, 0.25) is 10.0 Å². The average Bonchev–Trinajstić information content (AvgIpc) is 3.02. The maximum Gasteiger partial charge on any atom is 0.243 e. The molecule has 0 bridgehead atoms. The van der Waals surface area contributed by atoms with Gasteiger partial charge in [-0.25, -0.2) is 13.4 Å². The predicted molar refractivity (Wildman–Crippen MR) is 99.3 cm³/mol. The minimum absolute atomic E-state index is 0.0922. The van der Waals surface area contributed by atoms with Gasteiger partial charge in [0.15, 0.2) is 5.82 Å². The highest BCUT2D eigenvalue weighted by molar-refractivity contribution is 7.89. The Morgan fingerprint density at radius 1 is 1.23 bits per heavy atom. The van der Waals surface area contributed by atoms with Gasteiger partial charge in [-0.2, -0.15) is 9.40 Å². The van der Waals surface area contributed by atoms with Crippen molar-refractivity contribution in [2.75, 3.05) is 26.3 Å². The zero-order chi connectivity index (χ0) is 18.9. The van der Waals surface area contributed by atoms with Gasteiger partial charge < -0.3 is 4.74 Å². The number of benzene rings is 1. The second-order valence-corrected chi connectivity index (χ2v) is 9.75. The standard InChI is InChI=1S/C18H26N4O3S/c1-13-5-6-14(17-19-16(20-21-17)12-18(2,3)4)11-15(13)26(23,24)22-7-9-25-10-8-22/h5-6,11H,7-10,12H2,1-4H3,(H,19,20,21). The third-order valence-corrected chi connectivity index (χ3v) is 6.30. The van der Waals surface area contributed by atoms with Crippen molar-refractivity contribution in [1.82, 2.24) is 19.5 Å². The molecule has 1 aliphatic rings. The number of aromatic amines is 1. The fraction of sp³-hybridized carbons (Fsp3) is 0.556. The first-order valence-corrected chi connectivity index (χ1v) is 10.2. The zero-order valence-electron chi connectivity index (χ0n) is 15.7. The van der Waals surface area contributed by atoms with E-state index in [0.717, 1.165) is 12.2 Å². The van der Waals surface area contributed by atoms with Crippen LogP contribution in [0.25, 0.3) is 11.4 Å². The van der Waals surface area contributed by atoms with Crippen LogP contribution in [0.15, 0.2) is 23.1 Å². The summed E-state index contributed by atoms with van der Waals surface area (Å²) in [6.07, 6.45) is 0.769. The molecule has 0 amide bonds. The summed E-state index contributed by atoms with van der Waals surface area (Å²) in [6, 6.07) is 5.34. The topological polar surface area (TPSA) is 88.2 Å². The Bertz CT molecular complexity index is 878. The molecule has 0 unspecified atom stereocenters. The molecule has 0 atom stereocenters. The second kappa shape index (κ2) is 7.09. The minimum Gasteiger partial charge on any atom is -0.379 e. The van der Waals surface area contributed by atoms with Crippen molar-refractivity contribution >= 4 is 10.0 Å². The molecular weight excluding hydrogens is 352 g/mol. The van der Waals surface area contributed by atoms with E-state index in [4.69, 9.17) is 4.74 Å². The van der Waals surface area contributed by atoms with Gasteiger partial charge in [-0.3, -0.25) is 5.10 Å². The van der Waals surface area contributed by atoms with E-state index in [0.29, 0.717) is 48.2 Å². The Hall–Kier alpha value is -1.77. The number of rotatable bonds is 4. The van der Waals surface area contributed by atoms with Crippen LogP contribution in [-0.4, -0.2) is 54.2 Å². The maximum atomic E-state index is 13.0. The highest BCUT2D eigenvalue weighted by atomic mass is 32.2. The van der Waals surface area contributed by atoms with Gasteiger partial charge in [0.05, 0.1) is 18.1 Å². The largest absolute Gasteiger partial charge is 0.379 e. The Labute approximate surface area is 154 Å². The fourth-order valence-electron chi connectivity index (χ4n) is 2.95. The first-order valence-electron chi connectivity index (χ1n) is 8.77. The number of nitrogens with one attached hydrogen (secondary N) is 1. The van der Waals surface area contributed by atoms with Crippen molar-refractivity contribution < 1.29 is 13.2 Å². The summed E-state index contributed by atoms with van der Waals surface area (Å²) in [6.45, 7) is 9.81. The van der Waals surface area contributed by atoms with Gasteiger partial charge in [0.1, 0.15) is 5.82 Å². The molecule has 0 aliphatic carbocycles. The quantitative estimate of drug-likeness (QED) is 0.882. The lowest BCUT2D eigenvalue weighted by atomic mass is 9.92. The van der Waals surface area contributed by atoms with Crippen LogP contribution >= 0.6 is 0 Å². The van der Waals surface area contributed by atoms with Crippen LogP contribution in [-0.2, 0) is 21.2 Å². The van der Waals surface area contributed by atoms with Gasteiger partial charge in [-0.15, -0.1) is 0 Å². The molecule has 3 rings (SSSR count). The molecule has 0 spiro atoms. The molecule has 0 saturated carbocycles. The molecule has 1 saturated heterocycles. The molecular formula is C18H26N4O3S. The highest BCUT2D eigenvalue weighted by Gasteiger charge is 2.28. The number of H-pyrrole nitrogens is 1. The van der Waals surface area contributed by atoms with E-state index in [1.54, 1.807) is 13.0 Å². The van der Waals surface area contributed by atoms with Gasteiger partial charge >= 0.3 is 0 Å². The zero-order valence-corrected chi connectivity index (χ0v) is 16.6. The number of aromatic nitrogens is 3. The summed E-state index contributed by atoms with van der Waals surface area (Å²) in [4.78, 5) is 4.84. The number of morpholine rings is 1. The van der Waals surface area contributed by atoms with Crippen LogP contribution < -0.4 is 0 Å². The van der Waals surface area contributed by atoms with Crippen LogP contribution in [0.1, 0.15) is 32.2 Å². The number of sulfonamides is 1. The van der Waals surface area contributed by atoms with Crippen molar-refractivity contribution in [2.24, 2.45) is 5.41 Å². The number of nitrogens with zero attached hydrogens (tertiary/aromatic N) is 3. The lowest BCUT2D eigenvalue weighted by Crippen LogP contribution is -2.40. The maximum absolute atomic E-state index is 13.0. The molecule has 142 valence electrons. The molecule has 8 heteroatoms. The SMILES string of the molecule is Cc1ccc(-c2n[nH]c(CC(C)(C)C)n2)cc1S(=O)(=O)N1CCOCC1. The van der Waals surface area contributed by atoms with E-state index >= 15 is 0 Å². The molecule has 7 nitrogen and oxygen atoms in total. The summed E-state index contributed by atoms with van der Waals surface area (Å²) in [5, 5.41) is 7.23. The monoisotopic (exact) mass is 378 g/mol. The second-order valence-electron chi connectivity index (χ2n) is 7.84. The van der Waals surface area contributed by atoms with Gasteiger partial charge in [-0.05, 0) is 24.0 Å². The van der Waals surface area contributed by atoms with Crippen LogP contribution in [0.4, 0.5) is 0 Å². The lowest BCUT2D eigenvalue weighted by Gasteiger charge is -2.26. The van der Waals surface area contributed by atoms with Gasteiger partial charge in [0.25, 0.3) is 0 Å². The van der Waals surface area contributed by atoms with Crippen molar-refractivity contribution in [3.8, 4) is 11.4 Å². The van der Waals surface area contributed by atoms with Crippen molar-refractivity contribution in [3.05, 3.63) is 29.6 Å². The number of hydrogen-bond donors (Lipinski definition) is 1. The van der Waals surface area contributed by atoms with E-state index in [9.17, 15) is 8.42 Å². The van der Waals surface area contributed by atoms with Crippen molar-refractivity contribution in [1.29, 1.82) is 0 Å². The Morgan fingerprint density at radius 2 is 1.92 bits per heavy atom. The van der Waals surface area contributed by atoms with Crippen LogP contribution in [0.3, 0.4) is 0 Å². The summed E-state index contributed by atoms with van der Waals surface area (Å²) in [7, 11) is -3.56. The van der Waals surface area contributed by atoms with Crippen LogP contribution in [0, 0.1) is 12.3 Å². The predicted octanol–water partition coefficient (Wildman–Crippen LogP) is 2.39. The van der Waals surface area contributed by atoms with Crippen LogP contribution in [0.5, 0.6) is 0 Å². The normalized spacial score (nSPS) is 16.8. The summed E-state index contributed by atoms with van der Waals surface area (Å²) in [5.41, 5.74) is 1.50. The van der Waals surface area contributed by atoms with Crippen molar-refractivity contribution in [3.63, 3.8) is 0 Å². The van der Waals surface area contributed by atoms with E-state index < -0.39 is 10.0 Å². The summed E-state index contributed by atoms with van der Waals surface area (Å²) in [5.74, 6) is 1.31. The molecule has 0 radical (unpaired) electrons. The van der Waals surface area contributed by atoms with E-state index in [1.165, 1.54) is 4.31 Å². The summed E-state index contributed by atoms with van der Waals surface area (Å²) < 4.78 is 32.8. The smallest absolute Gasteiger partial charge is 0.243 e. The molecule has 2 aromatic rings. The Balaban J connectivity index is 1.93. The Kier molecular flexibility index (Phi) is 5.18. The molecule has 26 heavy (non-hydrogen) atoms. The third-order valence-electron chi connectivity index (χ3n) is 4.26. The fourth-order valence-corrected chi connectivity index (χ4v) is 4.61. The molecule has 1 aliphatic heterocycles. The molecule has 2 heterocycles. The molecule has 1 N–H and O–H groups in total. The highest BCUT2D eigenvalue weighted by Crippen LogP contribution is 2.27. The first kappa shape index (κ1) is 19.0. The van der Waals surface area contributed by atoms with Gasteiger partial charge in [-0.1, -0.05) is 32.9 Å². The summed E-state index contributed by atoms with van der Waals surface area (Å²) >= 11 is 0. The van der Waals surface area contributed by atoms with E-state index in [1.807, 2.05) is 12.1 Å². The number of hydrogen-bond acceptors (Lipinski definition) is 5. The lowest BCUT2D eigenvalue weighted by molar-refractivity contribution is 0.0730. The minimum atomic E-state index is -3.56. The molecule has 1 fully saturated rings. The molecule has 1 aromatic heterocycles. The number of aryl methyl sites for hydroxylation is 1. The Morgan fingerprint density at radius 3 is 2.58 bits per heavy atom. The van der Waals surface area contributed by atoms with E-state index in [2.05, 4.69) is 36.0 Å². The molecule has 1 aromatic carbocycles. The number of ether oxygens (including phenoxy) is 1. The first-order chi connectivity index (χ1) is 12.2. The van der Waals surface area contributed by atoms with Crippen molar-refractivity contribution in [2.45, 2.75) is 39.0 Å². The van der Waals surface area contributed by atoms with Gasteiger partial charge in [0, 0.05) is 25.1 Å². The third kappa shape index (κ3) is 4.13.